The third-order valence-corrected chi connectivity index (χ3v) is 6.42. The van der Waals surface area contributed by atoms with E-state index in [9.17, 15) is 0 Å². The molecule has 2 heterocycles. The molecule has 2 saturated heterocycles. The Balaban J connectivity index is 0.00000363. The number of nitrogens with zero attached hydrogens (tertiary/aromatic N) is 2. The fraction of sp³-hybridized carbons (Fsp3) is 0.720. The molecule has 0 saturated carbocycles. The number of likely N-dealkylation sites (tertiary alicyclic amines) is 1. The highest BCUT2D eigenvalue weighted by Crippen LogP contribution is 2.23. The lowest BCUT2D eigenvalue weighted by Crippen LogP contribution is -2.39. The van der Waals surface area contributed by atoms with Crippen LogP contribution in [0.4, 0.5) is 0 Å². The van der Waals surface area contributed by atoms with Crippen LogP contribution in [0.15, 0.2) is 23.2 Å². The van der Waals surface area contributed by atoms with Crippen molar-refractivity contribution in [2.75, 3.05) is 45.9 Å². The van der Waals surface area contributed by atoms with Gasteiger partial charge >= 0.3 is 0 Å². The number of piperidine rings is 1. The Bertz CT molecular complexity index is 687. The monoisotopic (exact) mass is 558 g/mol. The largest absolute Gasteiger partial charge is 0.491 e. The van der Waals surface area contributed by atoms with Crippen LogP contribution in [0, 0.1) is 12.8 Å². The van der Waals surface area contributed by atoms with Crippen LogP contribution in [0.5, 0.6) is 5.75 Å². The molecule has 2 aliphatic heterocycles. The van der Waals surface area contributed by atoms with Crippen molar-refractivity contribution in [3.8, 4) is 5.75 Å². The molecule has 0 radical (unpaired) electrons. The molecule has 1 aromatic carbocycles. The summed E-state index contributed by atoms with van der Waals surface area (Å²) in [5.74, 6) is 2.64. The van der Waals surface area contributed by atoms with Gasteiger partial charge in [-0.1, -0.05) is 19.1 Å². The molecule has 2 N–H and O–H groups in total. The molecule has 2 aliphatic rings. The predicted molar refractivity (Wildman–Crippen MR) is 143 cm³/mol. The lowest BCUT2D eigenvalue weighted by Gasteiger charge is -2.31. The molecule has 6 nitrogen and oxygen atoms in total. The van der Waals surface area contributed by atoms with Crippen molar-refractivity contribution in [1.82, 2.24) is 15.5 Å². The SMILES string of the molecule is CCNC(=NCc1ccc(C)cc1OCC1CCCO1)NCCC1CCN(CC)CC1.I. The summed E-state index contributed by atoms with van der Waals surface area (Å²) >= 11 is 0. The van der Waals surface area contributed by atoms with E-state index in [0.29, 0.717) is 13.2 Å². The zero-order chi connectivity index (χ0) is 21.9. The maximum Gasteiger partial charge on any atom is 0.191 e. The minimum atomic E-state index is 0. The summed E-state index contributed by atoms with van der Waals surface area (Å²) in [5.41, 5.74) is 2.32. The Morgan fingerprint density at radius 2 is 2.00 bits per heavy atom. The van der Waals surface area contributed by atoms with Gasteiger partial charge < -0.3 is 25.0 Å². The molecular formula is C25H43IN4O2. The molecule has 0 amide bonds. The fourth-order valence-electron chi connectivity index (χ4n) is 4.38. The smallest absolute Gasteiger partial charge is 0.191 e. The minimum Gasteiger partial charge on any atom is -0.491 e. The van der Waals surface area contributed by atoms with E-state index in [-0.39, 0.29) is 30.1 Å². The second-order valence-corrected chi connectivity index (χ2v) is 8.85. The molecular weight excluding hydrogens is 515 g/mol. The van der Waals surface area contributed by atoms with E-state index in [1.807, 2.05) is 0 Å². The van der Waals surface area contributed by atoms with E-state index >= 15 is 0 Å². The zero-order valence-corrected chi connectivity index (χ0v) is 22.5. The molecule has 7 heteroatoms. The van der Waals surface area contributed by atoms with Crippen molar-refractivity contribution in [3.05, 3.63) is 29.3 Å². The highest BCUT2D eigenvalue weighted by Gasteiger charge is 2.18. The molecule has 32 heavy (non-hydrogen) atoms. The highest BCUT2D eigenvalue weighted by molar-refractivity contribution is 14.0. The van der Waals surface area contributed by atoms with Gasteiger partial charge in [-0.15, -0.1) is 24.0 Å². The van der Waals surface area contributed by atoms with E-state index in [1.54, 1.807) is 0 Å². The van der Waals surface area contributed by atoms with E-state index in [1.165, 1.54) is 44.5 Å². The number of nitrogens with one attached hydrogen (secondary N) is 2. The summed E-state index contributed by atoms with van der Waals surface area (Å²) in [6, 6.07) is 6.38. The van der Waals surface area contributed by atoms with Gasteiger partial charge in [-0.3, -0.25) is 0 Å². The lowest BCUT2D eigenvalue weighted by atomic mass is 9.93. The summed E-state index contributed by atoms with van der Waals surface area (Å²) in [6.07, 6.45) is 6.29. The third kappa shape index (κ3) is 9.06. The second kappa shape index (κ2) is 15.0. The van der Waals surface area contributed by atoms with Gasteiger partial charge in [-0.25, -0.2) is 4.99 Å². The van der Waals surface area contributed by atoms with Crippen LogP contribution < -0.4 is 15.4 Å². The average molecular weight is 559 g/mol. The van der Waals surface area contributed by atoms with Crippen LogP contribution in [0.25, 0.3) is 0 Å². The van der Waals surface area contributed by atoms with Crippen LogP contribution >= 0.6 is 24.0 Å². The van der Waals surface area contributed by atoms with Gasteiger partial charge in [0.1, 0.15) is 12.4 Å². The lowest BCUT2D eigenvalue weighted by molar-refractivity contribution is 0.0676. The molecule has 3 rings (SSSR count). The first-order chi connectivity index (χ1) is 15.2. The van der Waals surface area contributed by atoms with Gasteiger partial charge in [0.05, 0.1) is 12.6 Å². The van der Waals surface area contributed by atoms with Gasteiger partial charge in [0.25, 0.3) is 0 Å². The summed E-state index contributed by atoms with van der Waals surface area (Å²) < 4.78 is 11.8. The molecule has 182 valence electrons. The Morgan fingerprint density at radius 3 is 2.69 bits per heavy atom. The Hall–Kier alpha value is -1.06. The summed E-state index contributed by atoms with van der Waals surface area (Å²) in [6.45, 7) is 14.1. The van der Waals surface area contributed by atoms with Gasteiger partial charge in [0.15, 0.2) is 5.96 Å². The van der Waals surface area contributed by atoms with Gasteiger partial charge in [0.2, 0.25) is 0 Å². The maximum absolute atomic E-state index is 6.13. The molecule has 0 bridgehead atoms. The summed E-state index contributed by atoms with van der Waals surface area (Å²) in [7, 11) is 0. The number of aryl methyl sites for hydroxylation is 1. The first-order valence-electron chi connectivity index (χ1n) is 12.3. The molecule has 2 fully saturated rings. The van der Waals surface area contributed by atoms with Gasteiger partial charge in [-0.05, 0) is 83.1 Å². The average Bonchev–Trinajstić information content (AvgIpc) is 3.31. The van der Waals surface area contributed by atoms with Crippen LogP contribution in [0.2, 0.25) is 0 Å². The van der Waals surface area contributed by atoms with Crippen molar-refractivity contribution in [3.63, 3.8) is 0 Å². The normalized spacial score (nSPS) is 20.1. The van der Waals surface area contributed by atoms with Crippen LogP contribution in [-0.2, 0) is 11.3 Å². The number of halogens is 1. The predicted octanol–water partition coefficient (Wildman–Crippen LogP) is 4.35. The Morgan fingerprint density at radius 1 is 1.19 bits per heavy atom. The molecule has 0 aromatic heterocycles. The molecule has 1 aromatic rings. The van der Waals surface area contributed by atoms with E-state index < -0.39 is 0 Å². The summed E-state index contributed by atoms with van der Waals surface area (Å²) in [5, 5.41) is 6.92. The van der Waals surface area contributed by atoms with Crippen LogP contribution in [0.3, 0.4) is 0 Å². The zero-order valence-electron chi connectivity index (χ0n) is 20.2. The first kappa shape index (κ1) is 27.2. The molecule has 1 unspecified atom stereocenters. The number of guanidine groups is 1. The van der Waals surface area contributed by atoms with Crippen molar-refractivity contribution in [2.45, 2.75) is 65.5 Å². The second-order valence-electron chi connectivity index (χ2n) is 8.85. The first-order valence-corrected chi connectivity index (χ1v) is 12.3. The van der Waals surface area contributed by atoms with E-state index in [0.717, 1.165) is 55.7 Å². The van der Waals surface area contributed by atoms with Crippen LogP contribution in [0.1, 0.15) is 57.1 Å². The van der Waals surface area contributed by atoms with Crippen molar-refractivity contribution in [2.24, 2.45) is 10.9 Å². The van der Waals surface area contributed by atoms with Gasteiger partial charge in [-0.2, -0.15) is 0 Å². The third-order valence-electron chi connectivity index (χ3n) is 6.42. The number of aliphatic imine (C=N–C) groups is 1. The van der Waals surface area contributed by atoms with Crippen molar-refractivity contribution in [1.29, 1.82) is 0 Å². The maximum atomic E-state index is 6.13. The number of rotatable bonds is 10. The molecule has 1 atom stereocenters. The number of ether oxygens (including phenoxy) is 2. The number of hydrogen-bond acceptors (Lipinski definition) is 4. The molecule has 0 spiro atoms. The van der Waals surface area contributed by atoms with Crippen molar-refractivity contribution < 1.29 is 9.47 Å². The Kier molecular flexibility index (Phi) is 12.7. The van der Waals surface area contributed by atoms with Gasteiger partial charge in [0, 0.05) is 25.3 Å². The molecule has 0 aliphatic carbocycles. The highest BCUT2D eigenvalue weighted by atomic mass is 127. The minimum absolute atomic E-state index is 0. The number of hydrogen-bond donors (Lipinski definition) is 2. The standard InChI is InChI=1S/C25H42N4O2.HI/c1-4-26-25(27-13-10-21-11-14-29(5-2)15-12-21)28-18-22-9-8-20(3)17-24(22)31-19-23-7-6-16-30-23;/h8-9,17,21,23H,4-7,10-16,18-19H2,1-3H3,(H2,26,27,28);1H. The summed E-state index contributed by atoms with van der Waals surface area (Å²) in [4.78, 5) is 7.39. The quantitative estimate of drug-likeness (QED) is 0.254. The Labute approximate surface area is 211 Å². The van der Waals surface area contributed by atoms with Crippen LogP contribution in [-0.4, -0.2) is 62.9 Å². The number of benzene rings is 1. The van der Waals surface area contributed by atoms with E-state index in [4.69, 9.17) is 14.5 Å². The van der Waals surface area contributed by atoms with Crippen molar-refractivity contribution >= 4 is 29.9 Å². The topological polar surface area (TPSA) is 58.1 Å². The fourth-order valence-corrected chi connectivity index (χ4v) is 4.38. The van der Waals surface area contributed by atoms with E-state index in [2.05, 4.69) is 54.5 Å².